The Hall–Kier alpha value is -2.48. The Labute approximate surface area is 170 Å². The van der Waals surface area contributed by atoms with Crippen LogP contribution in [0.4, 0.5) is 5.95 Å². The highest BCUT2D eigenvalue weighted by Crippen LogP contribution is 2.37. The number of aryl methyl sites for hydroxylation is 1. The molecule has 2 aromatic heterocycles. The molecule has 0 bridgehead atoms. The highest BCUT2D eigenvalue weighted by molar-refractivity contribution is 5.82. The quantitative estimate of drug-likeness (QED) is 0.789. The number of carbonyl (C=O) groups excluding carboxylic acids is 1. The highest BCUT2D eigenvalue weighted by Gasteiger charge is 2.38. The molecule has 2 atom stereocenters. The number of likely N-dealkylation sites (tertiary alicyclic amines) is 1. The monoisotopic (exact) mass is 396 g/mol. The van der Waals surface area contributed by atoms with Gasteiger partial charge in [-0.1, -0.05) is 0 Å². The van der Waals surface area contributed by atoms with Gasteiger partial charge in [0, 0.05) is 51.2 Å². The molecule has 3 saturated heterocycles. The normalized spacial score (nSPS) is 24.6. The first-order valence-corrected chi connectivity index (χ1v) is 10.7. The fourth-order valence-electron chi connectivity index (χ4n) is 4.79. The average Bonchev–Trinajstić information content (AvgIpc) is 3.54. The maximum absolute atomic E-state index is 13.0. The van der Waals surface area contributed by atoms with E-state index in [4.69, 9.17) is 14.8 Å². The SMILES string of the molecule is Cn1cc(-c2ccnc(N3CCCC3)n2)c([C@H]2CCCN2C(=O)[C@H]2CCCO2)n1. The van der Waals surface area contributed by atoms with Crippen LogP contribution in [0.5, 0.6) is 0 Å². The van der Waals surface area contributed by atoms with Crippen LogP contribution in [0.25, 0.3) is 11.3 Å². The van der Waals surface area contributed by atoms with Crippen LogP contribution < -0.4 is 4.90 Å². The predicted molar refractivity (Wildman–Crippen MR) is 108 cm³/mol. The lowest BCUT2D eigenvalue weighted by Crippen LogP contribution is -2.38. The van der Waals surface area contributed by atoms with Crippen molar-refractivity contribution in [1.29, 1.82) is 0 Å². The summed E-state index contributed by atoms with van der Waals surface area (Å²) in [6.45, 7) is 3.47. The van der Waals surface area contributed by atoms with Gasteiger partial charge >= 0.3 is 0 Å². The van der Waals surface area contributed by atoms with E-state index in [-0.39, 0.29) is 18.1 Å². The van der Waals surface area contributed by atoms with Crippen molar-refractivity contribution in [2.75, 3.05) is 31.1 Å². The summed E-state index contributed by atoms with van der Waals surface area (Å²) >= 11 is 0. The second-order valence-electron chi connectivity index (χ2n) is 8.23. The van der Waals surface area contributed by atoms with Gasteiger partial charge in [-0.25, -0.2) is 9.97 Å². The first-order chi connectivity index (χ1) is 14.2. The van der Waals surface area contributed by atoms with Gasteiger partial charge in [-0.2, -0.15) is 5.10 Å². The van der Waals surface area contributed by atoms with Gasteiger partial charge in [0.2, 0.25) is 5.95 Å². The number of hydrogen-bond acceptors (Lipinski definition) is 6. The molecule has 154 valence electrons. The Morgan fingerprint density at radius 2 is 2.00 bits per heavy atom. The van der Waals surface area contributed by atoms with E-state index in [9.17, 15) is 4.79 Å². The van der Waals surface area contributed by atoms with E-state index in [1.807, 2.05) is 35.1 Å². The fourth-order valence-corrected chi connectivity index (χ4v) is 4.79. The van der Waals surface area contributed by atoms with Crippen molar-refractivity contribution < 1.29 is 9.53 Å². The molecule has 3 fully saturated rings. The molecular weight excluding hydrogens is 368 g/mol. The van der Waals surface area contributed by atoms with Crippen molar-refractivity contribution in [1.82, 2.24) is 24.6 Å². The first kappa shape index (κ1) is 18.5. The molecule has 3 aliphatic rings. The molecule has 2 aromatic rings. The van der Waals surface area contributed by atoms with E-state index in [1.54, 1.807) is 0 Å². The third-order valence-electron chi connectivity index (χ3n) is 6.22. The van der Waals surface area contributed by atoms with Crippen molar-refractivity contribution in [3.63, 3.8) is 0 Å². The zero-order valence-electron chi connectivity index (χ0n) is 17.0. The molecule has 5 heterocycles. The topological polar surface area (TPSA) is 76.4 Å². The lowest BCUT2D eigenvalue weighted by Gasteiger charge is -2.26. The number of aromatic nitrogens is 4. The Balaban J connectivity index is 1.46. The molecule has 5 rings (SSSR count). The molecule has 0 radical (unpaired) electrons. The van der Waals surface area contributed by atoms with Crippen molar-refractivity contribution in [3.8, 4) is 11.3 Å². The largest absolute Gasteiger partial charge is 0.368 e. The number of rotatable bonds is 4. The molecule has 0 spiro atoms. The molecule has 8 nitrogen and oxygen atoms in total. The van der Waals surface area contributed by atoms with Crippen molar-refractivity contribution in [2.45, 2.75) is 50.7 Å². The van der Waals surface area contributed by atoms with Gasteiger partial charge in [-0.3, -0.25) is 9.48 Å². The van der Waals surface area contributed by atoms with Crippen LogP contribution in [0, 0.1) is 0 Å². The van der Waals surface area contributed by atoms with Crippen LogP contribution in [-0.2, 0) is 16.6 Å². The molecule has 29 heavy (non-hydrogen) atoms. The molecule has 0 aromatic carbocycles. The minimum absolute atomic E-state index is 0.0203. The molecule has 3 aliphatic heterocycles. The minimum atomic E-state index is -0.288. The maximum Gasteiger partial charge on any atom is 0.252 e. The Morgan fingerprint density at radius 3 is 2.79 bits per heavy atom. The molecular formula is C21H28N6O2. The van der Waals surface area contributed by atoms with E-state index < -0.39 is 0 Å². The zero-order chi connectivity index (χ0) is 19.8. The van der Waals surface area contributed by atoms with Crippen LogP contribution in [0.3, 0.4) is 0 Å². The number of ether oxygens (including phenoxy) is 1. The second kappa shape index (κ2) is 7.74. The Bertz CT molecular complexity index is 885. The molecule has 1 amide bonds. The van der Waals surface area contributed by atoms with Gasteiger partial charge < -0.3 is 14.5 Å². The average molecular weight is 396 g/mol. The lowest BCUT2D eigenvalue weighted by atomic mass is 10.0. The van der Waals surface area contributed by atoms with Crippen LogP contribution in [0.15, 0.2) is 18.5 Å². The van der Waals surface area contributed by atoms with E-state index >= 15 is 0 Å². The summed E-state index contributed by atoms with van der Waals surface area (Å²) in [6.07, 6.45) is 9.63. The van der Waals surface area contributed by atoms with Gasteiger partial charge in [0.05, 0.1) is 17.4 Å². The summed E-state index contributed by atoms with van der Waals surface area (Å²) in [6, 6.07) is 1.93. The first-order valence-electron chi connectivity index (χ1n) is 10.7. The van der Waals surface area contributed by atoms with Crippen molar-refractivity contribution in [2.24, 2.45) is 7.05 Å². The molecule has 8 heteroatoms. The van der Waals surface area contributed by atoms with Gasteiger partial charge in [-0.15, -0.1) is 0 Å². The number of anilines is 1. The van der Waals surface area contributed by atoms with Crippen LogP contribution in [0.1, 0.15) is 50.3 Å². The van der Waals surface area contributed by atoms with Crippen molar-refractivity contribution >= 4 is 11.9 Å². The standard InChI is InChI=1S/C21H28N6O2/c1-25-14-15(16-8-9-22-21(23-16)26-10-2-3-11-26)19(24-25)17-6-4-12-27(17)20(28)18-7-5-13-29-18/h8-9,14,17-18H,2-7,10-13H2,1H3/t17-,18-/m1/s1. The summed E-state index contributed by atoms with van der Waals surface area (Å²) in [5.74, 6) is 0.899. The number of hydrogen-bond donors (Lipinski definition) is 0. The number of amides is 1. The second-order valence-corrected chi connectivity index (χ2v) is 8.23. The molecule has 0 unspecified atom stereocenters. The fraction of sp³-hybridized carbons (Fsp3) is 0.619. The van der Waals surface area contributed by atoms with Gasteiger partial charge in [0.1, 0.15) is 6.10 Å². The molecule has 0 saturated carbocycles. The molecule has 0 N–H and O–H groups in total. The summed E-state index contributed by atoms with van der Waals surface area (Å²) in [5.41, 5.74) is 2.80. The summed E-state index contributed by atoms with van der Waals surface area (Å²) in [4.78, 5) is 26.6. The number of nitrogens with zero attached hydrogens (tertiary/aromatic N) is 6. The van der Waals surface area contributed by atoms with E-state index in [0.29, 0.717) is 6.61 Å². The van der Waals surface area contributed by atoms with E-state index in [1.165, 1.54) is 12.8 Å². The van der Waals surface area contributed by atoms with Crippen LogP contribution in [0.2, 0.25) is 0 Å². The van der Waals surface area contributed by atoms with Gasteiger partial charge in [0.25, 0.3) is 5.91 Å². The maximum atomic E-state index is 13.0. The predicted octanol–water partition coefficient (Wildman–Crippen LogP) is 2.32. The van der Waals surface area contributed by atoms with E-state index in [0.717, 1.165) is 68.2 Å². The Kier molecular flexibility index (Phi) is 4.95. The highest BCUT2D eigenvalue weighted by atomic mass is 16.5. The number of carbonyl (C=O) groups is 1. The minimum Gasteiger partial charge on any atom is -0.368 e. The van der Waals surface area contributed by atoms with E-state index in [2.05, 4.69) is 9.88 Å². The van der Waals surface area contributed by atoms with Gasteiger partial charge in [0.15, 0.2) is 0 Å². The molecule has 0 aliphatic carbocycles. The smallest absolute Gasteiger partial charge is 0.252 e. The van der Waals surface area contributed by atoms with Crippen LogP contribution >= 0.6 is 0 Å². The summed E-state index contributed by atoms with van der Waals surface area (Å²) < 4.78 is 7.49. The Morgan fingerprint density at radius 1 is 1.14 bits per heavy atom. The summed E-state index contributed by atoms with van der Waals surface area (Å²) in [5, 5.41) is 4.76. The third kappa shape index (κ3) is 3.50. The third-order valence-corrected chi connectivity index (χ3v) is 6.22. The zero-order valence-corrected chi connectivity index (χ0v) is 17.0. The van der Waals surface area contributed by atoms with Gasteiger partial charge in [-0.05, 0) is 44.6 Å². The lowest BCUT2D eigenvalue weighted by molar-refractivity contribution is -0.142. The summed E-state index contributed by atoms with van der Waals surface area (Å²) in [7, 11) is 1.93. The van der Waals surface area contributed by atoms with Crippen LogP contribution in [-0.4, -0.2) is 62.9 Å². The van der Waals surface area contributed by atoms with Crippen molar-refractivity contribution in [3.05, 3.63) is 24.2 Å².